The molecule has 1 aromatic carbocycles. The highest BCUT2D eigenvalue weighted by molar-refractivity contribution is 7.91. The molecular weight excluding hydrogens is 343 g/mol. The lowest BCUT2D eigenvalue weighted by molar-refractivity contribution is -0.137. The highest BCUT2D eigenvalue weighted by atomic mass is 35.5. The van der Waals surface area contributed by atoms with Gasteiger partial charge in [0, 0.05) is 0 Å². The average molecular weight is 355 g/mol. The Morgan fingerprint density at radius 2 is 1.71 bits per heavy atom. The zero-order chi connectivity index (χ0) is 16.0. The molecule has 21 heavy (non-hydrogen) atoms. The number of carbonyl (C=O) groups excluding carboxylic acids is 1. The van der Waals surface area contributed by atoms with E-state index in [4.69, 9.17) is 28.3 Å². The minimum absolute atomic E-state index is 0.0142. The normalized spacial score (nSPS) is 11.1. The molecular formula is C11H12Cl2N2O5S. The van der Waals surface area contributed by atoms with Gasteiger partial charge in [-0.15, -0.1) is 0 Å². The van der Waals surface area contributed by atoms with Gasteiger partial charge in [0.2, 0.25) is 5.91 Å². The van der Waals surface area contributed by atoms with E-state index in [1.165, 1.54) is 18.2 Å². The maximum Gasteiger partial charge on any atom is 0.322 e. The lowest BCUT2D eigenvalue weighted by atomic mass is 10.4. The maximum atomic E-state index is 12.1. The predicted molar refractivity (Wildman–Crippen MR) is 77.2 cm³/mol. The Morgan fingerprint density at radius 3 is 2.24 bits per heavy atom. The molecule has 0 aliphatic rings. The number of hydrogen-bond acceptors (Lipinski definition) is 5. The van der Waals surface area contributed by atoms with E-state index in [9.17, 15) is 18.0 Å². The van der Waals surface area contributed by atoms with Gasteiger partial charge in [0.1, 0.15) is 17.3 Å². The van der Waals surface area contributed by atoms with E-state index in [2.05, 4.69) is 10.6 Å². The van der Waals surface area contributed by atoms with E-state index >= 15 is 0 Å². The number of aliphatic carboxylic acids is 1. The Hall–Kier alpha value is -1.35. The van der Waals surface area contributed by atoms with Gasteiger partial charge in [-0.1, -0.05) is 29.3 Å². The van der Waals surface area contributed by atoms with Crippen LogP contribution in [0.4, 0.5) is 0 Å². The first-order valence-corrected chi connectivity index (χ1v) is 8.01. The molecule has 0 saturated heterocycles. The minimum Gasteiger partial charge on any atom is -0.480 e. The summed E-state index contributed by atoms with van der Waals surface area (Å²) in [7, 11) is -3.82. The molecule has 1 amide bonds. The van der Waals surface area contributed by atoms with Crippen molar-refractivity contribution in [2.45, 2.75) is 4.90 Å². The van der Waals surface area contributed by atoms with Gasteiger partial charge in [0.25, 0.3) is 0 Å². The van der Waals surface area contributed by atoms with Crippen LogP contribution >= 0.6 is 23.2 Å². The largest absolute Gasteiger partial charge is 0.480 e. The fourth-order valence-electron chi connectivity index (χ4n) is 1.39. The van der Waals surface area contributed by atoms with Crippen molar-refractivity contribution in [3.8, 4) is 0 Å². The fourth-order valence-corrected chi connectivity index (χ4v) is 3.74. The Labute approximate surface area is 131 Å². The van der Waals surface area contributed by atoms with Gasteiger partial charge in [-0.3, -0.25) is 14.9 Å². The summed E-state index contributed by atoms with van der Waals surface area (Å²) in [6.07, 6.45) is 0. The molecule has 10 heteroatoms. The van der Waals surface area contributed by atoms with Crippen molar-refractivity contribution in [1.82, 2.24) is 10.6 Å². The topological polar surface area (TPSA) is 113 Å². The van der Waals surface area contributed by atoms with Gasteiger partial charge in [-0.2, -0.15) is 0 Å². The van der Waals surface area contributed by atoms with E-state index in [0.29, 0.717) is 0 Å². The lowest BCUT2D eigenvalue weighted by Gasteiger charge is -2.09. The number of sulfone groups is 1. The quantitative estimate of drug-likeness (QED) is 0.657. The minimum atomic E-state index is -3.82. The number of amides is 1. The van der Waals surface area contributed by atoms with E-state index < -0.39 is 34.1 Å². The smallest absolute Gasteiger partial charge is 0.322 e. The molecule has 0 aromatic heterocycles. The number of nitrogens with one attached hydrogen (secondary N) is 2. The molecule has 0 bridgehead atoms. The highest BCUT2D eigenvalue weighted by Gasteiger charge is 2.21. The second kappa shape index (κ2) is 7.60. The van der Waals surface area contributed by atoms with Crippen LogP contribution in [0.5, 0.6) is 0 Å². The number of halogens is 2. The molecule has 0 heterocycles. The summed E-state index contributed by atoms with van der Waals surface area (Å²) in [4.78, 5) is 21.2. The zero-order valence-electron chi connectivity index (χ0n) is 10.6. The van der Waals surface area contributed by atoms with E-state index in [0.717, 1.165) is 0 Å². The first kappa shape index (κ1) is 17.7. The Bertz CT molecular complexity index is 628. The molecule has 116 valence electrons. The molecule has 0 atom stereocenters. The van der Waals surface area contributed by atoms with Gasteiger partial charge in [0.05, 0.1) is 16.6 Å². The monoisotopic (exact) mass is 354 g/mol. The van der Waals surface area contributed by atoms with Crippen molar-refractivity contribution in [3.63, 3.8) is 0 Å². The summed E-state index contributed by atoms with van der Waals surface area (Å²) >= 11 is 11.6. The molecule has 0 aliphatic carbocycles. The van der Waals surface area contributed by atoms with Crippen LogP contribution in [0.2, 0.25) is 10.0 Å². The van der Waals surface area contributed by atoms with Crippen LogP contribution in [0.1, 0.15) is 0 Å². The molecule has 0 spiro atoms. The fraction of sp³-hybridized carbons (Fsp3) is 0.273. The summed E-state index contributed by atoms with van der Waals surface area (Å²) in [6.45, 7) is -0.891. The SMILES string of the molecule is O=C(O)CNC(=O)CNCS(=O)(=O)c1c(Cl)cccc1Cl. The van der Waals surface area contributed by atoms with Crippen LogP contribution < -0.4 is 10.6 Å². The third kappa shape index (κ3) is 5.50. The number of rotatable bonds is 7. The van der Waals surface area contributed by atoms with Crippen LogP contribution in [0.25, 0.3) is 0 Å². The van der Waals surface area contributed by atoms with Crippen LogP contribution in [-0.4, -0.2) is 44.4 Å². The molecule has 3 N–H and O–H groups in total. The van der Waals surface area contributed by atoms with Gasteiger partial charge in [-0.25, -0.2) is 8.42 Å². The second-order valence-electron chi connectivity index (χ2n) is 3.91. The van der Waals surface area contributed by atoms with Crippen molar-refractivity contribution in [2.24, 2.45) is 0 Å². The number of carbonyl (C=O) groups is 2. The van der Waals surface area contributed by atoms with E-state index in [-0.39, 0.29) is 21.5 Å². The highest BCUT2D eigenvalue weighted by Crippen LogP contribution is 2.29. The summed E-state index contributed by atoms with van der Waals surface area (Å²) in [5.41, 5.74) is 0. The van der Waals surface area contributed by atoms with E-state index in [1.807, 2.05) is 0 Å². The average Bonchev–Trinajstić information content (AvgIpc) is 2.35. The molecule has 0 saturated carbocycles. The van der Waals surface area contributed by atoms with Crippen LogP contribution in [0, 0.1) is 0 Å². The molecule has 0 fully saturated rings. The van der Waals surface area contributed by atoms with Gasteiger partial charge >= 0.3 is 5.97 Å². The summed E-state index contributed by atoms with van der Waals surface area (Å²) < 4.78 is 24.1. The maximum absolute atomic E-state index is 12.1. The predicted octanol–water partition coefficient (Wildman–Crippen LogP) is 0.515. The third-order valence-corrected chi connectivity index (χ3v) is 4.74. The summed E-state index contributed by atoms with van der Waals surface area (Å²) in [5, 5.41) is 12.8. The van der Waals surface area contributed by atoms with Crippen molar-refractivity contribution in [3.05, 3.63) is 28.2 Å². The van der Waals surface area contributed by atoms with Crippen LogP contribution in [-0.2, 0) is 19.4 Å². The van der Waals surface area contributed by atoms with Crippen molar-refractivity contribution >= 4 is 44.9 Å². The van der Waals surface area contributed by atoms with Crippen molar-refractivity contribution in [1.29, 1.82) is 0 Å². The lowest BCUT2D eigenvalue weighted by Crippen LogP contribution is -2.38. The third-order valence-electron chi connectivity index (χ3n) is 2.24. The Morgan fingerprint density at radius 1 is 1.14 bits per heavy atom. The molecule has 7 nitrogen and oxygen atoms in total. The number of benzene rings is 1. The van der Waals surface area contributed by atoms with Crippen molar-refractivity contribution < 1.29 is 23.1 Å². The summed E-state index contributed by atoms with van der Waals surface area (Å²) in [5.74, 6) is -2.39. The van der Waals surface area contributed by atoms with E-state index in [1.54, 1.807) is 0 Å². The van der Waals surface area contributed by atoms with Gasteiger partial charge in [-0.05, 0) is 12.1 Å². The first-order chi connectivity index (χ1) is 9.74. The van der Waals surface area contributed by atoms with Gasteiger partial charge < -0.3 is 10.4 Å². The standard InChI is InChI=1S/C11H12Cl2N2O5S/c12-7-2-1-3-8(13)11(7)21(19,20)6-14-4-9(16)15-5-10(17)18/h1-3,14H,4-6H2,(H,15,16)(H,17,18). The summed E-state index contributed by atoms with van der Waals surface area (Å²) in [6, 6.07) is 4.29. The first-order valence-electron chi connectivity index (χ1n) is 5.60. The zero-order valence-corrected chi connectivity index (χ0v) is 12.9. The van der Waals surface area contributed by atoms with Crippen molar-refractivity contribution in [2.75, 3.05) is 19.0 Å². The number of carboxylic acid groups (broad SMARTS) is 1. The Kier molecular flexibility index (Phi) is 6.41. The van der Waals surface area contributed by atoms with Gasteiger partial charge in [0.15, 0.2) is 9.84 Å². The molecule has 0 aliphatic heterocycles. The Balaban J connectivity index is 2.62. The second-order valence-corrected chi connectivity index (χ2v) is 6.65. The number of carboxylic acids is 1. The number of hydrogen-bond donors (Lipinski definition) is 3. The molecule has 1 rings (SSSR count). The molecule has 1 aromatic rings. The molecule has 0 unspecified atom stereocenters. The van der Waals surface area contributed by atoms with Crippen LogP contribution in [0.3, 0.4) is 0 Å². The molecule has 0 radical (unpaired) electrons. The van der Waals surface area contributed by atoms with Crippen LogP contribution in [0.15, 0.2) is 23.1 Å².